The number of benzene rings is 1. The Morgan fingerprint density at radius 2 is 2.13 bits per heavy atom. The van der Waals surface area contributed by atoms with Crippen molar-refractivity contribution in [2.24, 2.45) is 5.73 Å². The monoisotopic (exact) mass is 205 g/mol. The summed E-state index contributed by atoms with van der Waals surface area (Å²) >= 11 is 0. The molecule has 0 unspecified atom stereocenters. The number of phenolic OH excluding ortho intramolecular Hbond substituents is 1. The van der Waals surface area contributed by atoms with Gasteiger partial charge in [0.05, 0.1) is 0 Å². The zero-order valence-electron chi connectivity index (χ0n) is 8.06. The van der Waals surface area contributed by atoms with Gasteiger partial charge in [-0.3, -0.25) is 0 Å². The molecule has 3 N–H and O–H groups in total. The van der Waals surface area contributed by atoms with Gasteiger partial charge in [0.2, 0.25) is 0 Å². The van der Waals surface area contributed by atoms with Gasteiger partial charge in [0, 0.05) is 10.9 Å². The summed E-state index contributed by atoms with van der Waals surface area (Å²) in [4.78, 5) is 11.4. The molecule has 0 spiro atoms. The topological polar surface area (TPSA) is 76.5 Å². The fourth-order valence-electron chi connectivity index (χ4n) is 1.48. The molecule has 0 fully saturated rings. The third-order valence-electron chi connectivity index (χ3n) is 2.20. The lowest BCUT2D eigenvalue weighted by Crippen LogP contribution is -2.12. The highest BCUT2D eigenvalue weighted by Crippen LogP contribution is 2.19. The Morgan fingerprint density at radius 3 is 2.87 bits per heavy atom. The second-order valence-electron chi connectivity index (χ2n) is 3.32. The van der Waals surface area contributed by atoms with Gasteiger partial charge in [-0.15, -0.1) is 0 Å². The molecule has 4 nitrogen and oxygen atoms in total. The minimum absolute atomic E-state index is 0.148. The number of nitrogens with two attached hydrogens (primary N) is 1. The molecule has 0 aliphatic heterocycles. The third kappa shape index (κ3) is 1.85. The van der Waals surface area contributed by atoms with Crippen molar-refractivity contribution in [3.05, 3.63) is 40.2 Å². The Labute approximate surface area is 85.9 Å². The second kappa shape index (κ2) is 3.74. The van der Waals surface area contributed by atoms with E-state index in [2.05, 4.69) is 0 Å². The fourth-order valence-corrected chi connectivity index (χ4v) is 1.48. The predicted molar refractivity (Wildman–Crippen MR) is 56.9 cm³/mol. The van der Waals surface area contributed by atoms with Crippen molar-refractivity contribution in [2.75, 3.05) is 6.54 Å². The molecule has 2 aromatic rings. The van der Waals surface area contributed by atoms with Crippen LogP contribution in [0.1, 0.15) is 5.56 Å². The minimum atomic E-state index is -0.362. The largest absolute Gasteiger partial charge is 0.508 e. The number of fused-ring (bicyclic) bond motifs is 1. The molecule has 0 amide bonds. The first-order valence-corrected chi connectivity index (χ1v) is 4.66. The first-order valence-electron chi connectivity index (χ1n) is 4.66. The van der Waals surface area contributed by atoms with Gasteiger partial charge in [0.1, 0.15) is 11.3 Å². The number of rotatable bonds is 2. The average Bonchev–Trinajstić information content (AvgIpc) is 2.20. The second-order valence-corrected chi connectivity index (χ2v) is 3.32. The number of hydrogen-bond donors (Lipinski definition) is 2. The van der Waals surface area contributed by atoms with E-state index in [0.717, 1.165) is 0 Å². The van der Waals surface area contributed by atoms with Crippen LogP contribution in [0.5, 0.6) is 5.75 Å². The maximum Gasteiger partial charge on any atom is 0.339 e. The molecule has 2 rings (SSSR count). The summed E-state index contributed by atoms with van der Waals surface area (Å²) in [5, 5.41) is 9.98. The summed E-state index contributed by atoms with van der Waals surface area (Å²) in [6.07, 6.45) is 0.480. The molecule has 0 atom stereocenters. The smallest absolute Gasteiger partial charge is 0.339 e. The lowest BCUT2D eigenvalue weighted by molar-refractivity contribution is 0.475. The summed E-state index contributed by atoms with van der Waals surface area (Å²) in [6, 6.07) is 6.30. The predicted octanol–water partition coefficient (Wildman–Crippen LogP) is 1.000. The summed E-state index contributed by atoms with van der Waals surface area (Å²) < 4.78 is 5.08. The zero-order valence-corrected chi connectivity index (χ0v) is 8.06. The van der Waals surface area contributed by atoms with Crippen molar-refractivity contribution in [3.63, 3.8) is 0 Å². The van der Waals surface area contributed by atoms with Crippen molar-refractivity contribution < 1.29 is 9.52 Å². The Kier molecular flexibility index (Phi) is 2.43. The number of hydrogen-bond acceptors (Lipinski definition) is 4. The van der Waals surface area contributed by atoms with Gasteiger partial charge in [-0.05, 0) is 37.2 Å². The van der Waals surface area contributed by atoms with Crippen molar-refractivity contribution in [1.29, 1.82) is 0 Å². The van der Waals surface area contributed by atoms with Crippen molar-refractivity contribution >= 4 is 11.0 Å². The van der Waals surface area contributed by atoms with E-state index in [1.54, 1.807) is 18.2 Å². The Morgan fingerprint density at radius 1 is 1.33 bits per heavy atom. The number of phenols is 1. The van der Waals surface area contributed by atoms with Gasteiger partial charge >= 0.3 is 5.63 Å². The van der Waals surface area contributed by atoms with Crippen LogP contribution < -0.4 is 11.4 Å². The van der Waals surface area contributed by atoms with Gasteiger partial charge in [-0.2, -0.15) is 0 Å². The van der Waals surface area contributed by atoms with Gasteiger partial charge in [-0.25, -0.2) is 4.79 Å². The standard InChI is InChI=1S/C11H11NO3/c12-4-3-7-5-8-6-9(13)1-2-10(8)15-11(7)14/h1-2,5-6,13H,3-4,12H2. The molecule has 0 saturated carbocycles. The molecule has 0 radical (unpaired) electrons. The quantitative estimate of drug-likeness (QED) is 0.717. The molecular formula is C11H11NO3. The molecule has 0 aliphatic carbocycles. The maximum atomic E-state index is 11.4. The van der Waals surface area contributed by atoms with E-state index < -0.39 is 0 Å². The average molecular weight is 205 g/mol. The van der Waals surface area contributed by atoms with E-state index in [1.807, 2.05) is 0 Å². The molecule has 1 aromatic heterocycles. The molecule has 0 saturated heterocycles. The fraction of sp³-hybridized carbons (Fsp3) is 0.182. The molecule has 1 heterocycles. The number of aromatic hydroxyl groups is 1. The van der Waals surface area contributed by atoms with Crippen LogP contribution in [0, 0.1) is 0 Å². The van der Waals surface area contributed by atoms with Gasteiger partial charge in [0.15, 0.2) is 0 Å². The van der Waals surface area contributed by atoms with E-state index in [0.29, 0.717) is 29.5 Å². The minimum Gasteiger partial charge on any atom is -0.508 e. The molecule has 0 aliphatic rings. The highest BCUT2D eigenvalue weighted by molar-refractivity contribution is 5.78. The van der Waals surface area contributed by atoms with Crippen LogP contribution in [0.15, 0.2) is 33.5 Å². The first kappa shape index (κ1) is 9.73. The van der Waals surface area contributed by atoms with Crippen molar-refractivity contribution in [2.45, 2.75) is 6.42 Å². The van der Waals surface area contributed by atoms with E-state index in [9.17, 15) is 9.90 Å². The van der Waals surface area contributed by atoms with Crippen LogP contribution >= 0.6 is 0 Å². The molecule has 15 heavy (non-hydrogen) atoms. The highest BCUT2D eigenvalue weighted by Gasteiger charge is 2.04. The van der Waals surface area contributed by atoms with Crippen LogP contribution in [0.25, 0.3) is 11.0 Å². The van der Waals surface area contributed by atoms with E-state index >= 15 is 0 Å². The summed E-state index contributed by atoms with van der Waals surface area (Å²) in [5.74, 6) is 0.148. The highest BCUT2D eigenvalue weighted by atomic mass is 16.4. The Hall–Kier alpha value is -1.81. The van der Waals surface area contributed by atoms with Crippen LogP contribution in [0.2, 0.25) is 0 Å². The molecule has 4 heteroatoms. The van der Waals surface area contributed by atoms with E-state index in [1.165, 1.54) is 6.07 Å². The first-order chi connectivity index (χ1) is 7.20. The van der Waals surface area contributed by atoms with Gasteiger partial charge < -0.3 is 15.3 Å². The van der Waals surface area contributed by atoms with Crippen LogP contribution in [0.3, 0.4) is 0 Å². The van der Waals surface area contributed by atoms with Crippen LogP contribution in [0.4, 0.5) is 0 Å². The lowest BCUT2D eigenvalue weighted by Gasteiger charge is -2.00. The van der Waals surface area contributed by atoms with E-state index in [4.69, 9.17) is 10.2 Å². The lowest BCUT2D eigenvalue weighted by atomic mass is 10.1. The van der Waals surface area contributed by atoms with Crippen LogP contribution in [-0.4, -0.2) is 11.7 Å². The van der Waals surface area contributed by atoms with Crippen molar-refractivity contribution in [1.82, 2.24) is 0 Å². The molecule has 1 aromatic carbocycles. The van der Waals surface area contributed by atoms with Crippen LogP contribution in [-0.2, 0) is 6.42 Å². The molecule has 78 valence electrons. The molecule has 0 bridgehead atoms. The SMILES string of the molecule is NCCc1cc2cc(O)ccc2oc1=O. The normalized spacial score (nSPS) is 10.7. The van der Waals surface area contributed by atoms with Crippen molar-refractivity contribution in [3.8, 4) is 5.75 Å². The van der Waals surface area contributed by atoms with Gasteiger partial charge in [-0.1, -0.05) is 0 Å². The van der Waals surface area contributed by atoms with E-state index in [-0.39, 0.29) is 11.4 Å². The third-order valence-corrected chi connectivity index (χ3v) is 2.20. The maximum absolute atomic E-state index is 11.4. The molecular weight excluding hydrogens is 194 g/mol. The summed E-state index contributed by atoms with van der Waals surface area (Å²) in [5.41, 5.74) is 6.02. The summed E-state index contributed by atoms with van der Waals surface area (Å²) in [7, 11) is 0. The van der Waals surface area contributed by atoms with Gasteiger partial charge in [0.25, 0.3) is 0 Å². The Balaban J connectivity index is 2.66. The summed E-state index contributed by atoms with van der Waals surface area (Å²) in [6.45, 7) is 0.398. The zero-order chi connectivity index (χ0) is 10.8. The Bertz CT molecular complexity index is 545.